The van der Waals surface area contributed by atoms with E-state index in [0.29, 0.717) is 30.0 Å². The normalized spacial score (nSPS) is 48.0. The summed E-state index contributed by atoms with van der Waals surface area (Å²) in [6.07, 6.45) is 7.13. The first-order valence-electron chi connectivity index (χ1n) is 8.87. The van der Waals surface area contributed by atoms with E-state index in [-0.39, 0.29) is 22.4 Å². The molecule has 0 radical (unpaired) electrons. The van der Waals surface area contributed by atoms with Gasteiger partial charge in [-0.2, -0.15) is 0 Å². The van der Waals surface area contributed by atoms with Crippen molar-refractivity contribution in [3.05, 3.63) is 11.3 Å². The Balaban J connectivity index is 1.73. The molecule has 120 valence electrons. The van der Waals surface area contributed by atoms with Crippen molar-refractivity contribution >= 4 is 11.6 Å². The van der Waals surface area contributed by atoms with Crippen molar-refractivity contribution in [3.63, 3.8) is 0 Å². The maximum Gasteiger partial charge on any atom is 0.197 e. The Kier molecular flexibility index (Phi) is 2.93. The zero-order chi connectivity index (χ0) is 15.7. The number of ketones is 2. The van der Waals surface area contributed by atoms with Crippen LogP contribution in [0.1, 0.15) is 65.2 Å². The maximum atomic E-state index is 12.4. The van der Waals surface area contributed by atoms with Crippen LogP contribution in [0.5, 0.6) is 0 Å². The minimum absolute atomic E-state index is 0.0200. The van der Waals surface area contributed by atoms with Crippen LogP contribution in [0.15, 0.2) is 11.3 Å². The average Bonchev–Trinajstić information content (AvgIpc) is 2.79. The van der Waals surface area contributed by atoms with Crippen molar-refractivity contribution < 1.29 is 14.7 Å². The topological polar surface area (TPSA) is 54.4 Å². The molecule has 3 heteroatoms. The fraction of sp³-hybridized carbons (Fsp3) is 0.789. The molecule has 4 aliphatic carbocycles. The molecular weight excluding hydrogens is 276 g/mol. The van der Waals surface area contributed by atoms with Gasteiger partial charge in [0.25, 0.3) is 0 Å². The molecule has 0 aromatic carbocycles. The number of carbonyl (C=O) groups excluding carboxylic acids is 2. The lowest BCUT2D eigenvalue weighted by molar-refractivity contribution is -0.133. The molecule has 0 heterocycles. The fourth-order valence-corrected chi connectivity index (χ4v) is 6.46. The van der Waals surface area contributed by atoms with Gasteiger partial charge in [-0.1, -0.05) is 13.8 Å². The molecule has 3 saturated carbocycles. The number of hydrogen-bond donors (Lipinski definition) is 1. The first kappa shape index (κ1) is 14.5. The van der Waals surface area contributed by atoms with Gasteiger partial charge in [-0.3, -0.25) is 9.59 Å². The molecule has 0 saturated heterocycles. The Morgan fingerprint density at radius 2 is 1.64 bits per heavy atom. The number of carbonyl (C=O) groups is 2. The van der Waals surface area contributed by atoms with Crippen LogP contribution in [0.2, 0.25) is 0 Å². The lowest BCUT2D eigenvalue weighted by atomic mass is 9.47. The zero-order valence-corrected chi connectivity index (χ0v) is 13.7. The third-order valence-corrected chi connectivity index (χ3v) is 7.80. The molecule has 5 atom stereocenters. The van der Waals surface area contributed by atoms with Crippen molar-refractivity contribution in [2.45, 2.75) is 65.2 Å². The zero-order valence-electron chi connectivity index (χ0n) is 13.7. The van der Waals surface area contributed by atoms with Gasteiger partial charge in [0.05, 0.1) is 0 Å². The third kappa shape index (κ3) is 1.63. The second-order valence-corrected chi connectivity index (χ2v) is 8.50. The predicted molar refractivity (Wildman–Crippen MR) is 83.3 cm³/mol. The summed E-state index contributed by atoms with van der Waals surface area (Å²) in [7, 11) is 0. The minimum Gasteiger partial charge on any atom is -0.504 e. The lowest BCUT2D eigenvalue weighted by Crippen LogP contribution is -2.51. The molecule has 0 aromatic heterocycles. The molecule has 3 fully saturated rings. The molecule has 0 unspecified atom stereocenters. The van der Waals surface area contributed by atoms with E-state index in [0.717, 1.165) is 50.5 Å². The van der Waals surface area contributed by atoms with Gasteiger partial charge in [-0.25, -0.2) is 0 Å². The maximum absolute atomic E-state index is 12.4. The van der Waals surface area contributed by atoms with E-state index in [1.165, 1.54) is 0 Å². The molecule has 0 spiro atoms. The summed E-state index contributed by atoms with van der Waals surface area (Å²) in [4.78, 5) is 24.2. The van der Waals surface area contributed by atoms with Gasteiger partial charge in [0.1, 0.15) is 5.78 Å². The van der Waals surface area contributed by atoms with Gasteiger partial charge >= 0.3 is 0 Å². The molecule has 0 aromatic rings. The summed E-state index contributed by atoms with van der Waals surface area (Å²) >= 11 is 0. The van der Waals surface area contributed by atoms with E-state index in [4.69, 9.17) is 0 Å². The molecule has 0 aliphatic heterocycles. The number of allylic oxidation sites excluding steroid dienone is 1. The van der Waals surface area contributed by atoms with Gasteiger partial charge in [0, 0.05) is 18.3 Å². The molecule has 22 heavy (non-hydrogen) atoms. The third-order valence-electron chi connectivity index (χ3n) is 7.80. The van der Waals surface area contributed by atoms with E-state index in [2.05, 4.69) is 13.8 Å². The lowest BCUT2D eigenvalue weighted by Gasteiger charge is -2.56. The Hall–Kier alpha value is -1.12. The van der Waals surface area contributed by atoms with Crippen LogP contribution >= 0.6 is 0 Å². The van der Waals surface area contributed by atoms with Crippen LogP contribution in [-0.4, -0.2) is 16.7 Å². The monoisotopic (exact) mass is 302 g/mol. The van der Waals surface area contributed by atoms with E-state index < -0.39 is 0 Å². The summed E-state index contributed by atoms with van der Waals surface area (Å²) in [6, 6.07) is 0. The van der Waals surface area contributed by atoms with Crippen molar-refractivity contribution in [3.8, 4) is 0 Å². The van der Waals surface area contributed by atoms with Gasteiger partial charge in [-0.05, 0) is 67.3 Å². The van der Waals surface area contributed by atoms with Crippen molar-refractivity contribution in [1.82, 2.24) is 0 Å². The summed E-state index contributed by atoms with van der Waals surface area (Å²) in [5, 5.41) is 10.3. The number of hydrogen-bond acceptors (Lipinski definition) is 3. The van der Waals surface area contributed by atoms with Crippen LogP contribution in [0, 0.1) is 28.6 Å². The van der Waals surface area contributed by atoms with Crippen LogP contribution in [-0.2, 0) is 9.59 Å². The summed E-state index contributed by atoms with van der Waals surface area (Å²) in [5.74, 6) is 2.14. The second kappa shape index (κ2) is 4.46. The number of aliphatic hydroxyl groups is 1. The van der Waals surface area contributed by atoms with Gasteiger partial charge in [-0.15, -0.1) is 0 Å². The van der Waals surface area contributed by atoms with E-state index >= 15 is 0 Å². The van der Waals surface area contributed by atoms with E-state index in [9.17, 15) is 14.7 Å². The summed E-state index contributed by atoms with van der Waals surface area (Å²) in [5.41, 5.74) is 0.914. The van der Waals surface area contributed by atoms with Gasteiger partial charge in [0.15, 0.2) is 11.5 Å². The molecule has 1 N–H and O–H groups in total. The molecule has 4 rings (SSSR count). The minimum atomic E-state index is -0.0920. The molecule has 3 nitrogen and oxygen atoms in total. The Bertz CT molecular complexity index is 589. The summed E-state index contributed by atoms with van der Waals surface area (Å²) in [6.45, 7) is 4.46. The van der Waals surface area contributed by atoms with Gasteiger partial charge < -0.3 is 5.11 Å². The quantitative estimate of drug-likeness (QED) is 0.736. The largest absolute Gasteiger partial charge is 0.504 e. The van der Waals surface area contributed by atoms with Crippen molar-refractivity contribution in [2.75, 3.05) is 0 Å². The van der Waals surface area contributed by atoms with Crippen molar-refractivity contribution in [2.24, 2.45) is 28.6 Å². The van der Waals surface area contributed by atoms with E-state index in [1.54, 1.807) is 0 Å². The number of rotatable bonds is 0. The molecule has 0 bridgehead atoms. The van der Waals surface area contributed by atoms with E-state index in [1.807, 2.05) is 0 Å². The summed E-state index contributed by atoms with van der Waals surface area (Å²) < 4.78 is 0. The van der Waals surface area contributed by atoms with Gasteiger partial charge in [0.2, 0.25) is 0 Å². The molecular formula is C19H26O3. The highest BCUT2D eigenvalue weighted by Crippen LogP contribution is 2.64. The number of aliphatic hydroxyl groups excluding tert-OH is 1. The Morgan fingerprint density at radius 3 is 2.41 bits per heavy atom. The Labute approximate surface area is 132 Å². The smallest absolute Gasteiger partial charge is 0.197 e. The standard InChI is InChI=1S/C19H26O3/c1-18-10-8-15(20)17(22)14(18)4-3-11-12-5-6-16(21)19(12,2)9-7-13(11)18/h11-13,22H,3-10H2,1-2H3/t11-,12-,13+,18-,19+/m1/s1. The first-order chi connectivity index (χ1) is 10.4. The highest BCUT2D eigenvalue weighted by Gasteiger charge is 2.59. The molecule has 0 amide bonds. The number of Topliss-reactive ketones (excluding diaryl/α,β-unsaturated/α-hetero) is 2. The highest BCUT2D eigenvalue weighted by molar-refractivity contribution is 5.95. The highest BCUT2D eigenvalue weighted by atomic mass is 16.3. The van der Waals surface area contributed by atoms with Crippen LogP contribution in [0.25, 0.3) is 0 Å². The number of fused-ring (bicyclic) bond motifs is 5. The second-order valence-electron chi connectivity index (χ2n) is 8.50. The Morgan fingerprint density at radius 1 is 0.909 bits per heavy atom. The first-order valence-corrected chi connectivity index (χ1v) is 8.87. The molecule has 4 aliphatic rings. The SMILES string of the molecule is C[C@]12CCC(=O)C(O)=C1CC[C@@H]1[C@H]3CCC(=O)[C@@]3(C)CC[C@@H]12. The predicted octanol–water partition coefficient (Wildman–Crippen LogP) is 3.97. The van der Waals surface area contributed by atoms with Crippen LogP contribution < -0.4 is 0 Å². The van der Waals surface area contributed by atoms with Crippen LogP contribution in [0.4, 0.5) is 0 Å². The average molecular weight is 302 g/mol. The fourth-order valence-electron chi connectivity index (χ4n) is 6.46. The van der Waals surface area contributed by atoms with Crippen LogP contribution in [0.3, 0.4) is 0 Å². The van der Waals surface area contributed by atoms with Crippen molar-refractivity contribution in [1.29, 1.82) is 0 Å².